The van der Waals surface area contributed by atoms with Crippen molar-refractivity contribution in [1.82, 2.24) is 24.9 Å². The first kappa shape index (κ1) is 20.9. The average molecular weight is 441 g/mol. The van der Waals surface area contributed by atoms with Crippen molar-refractivity contribution in [3.8, 4) is 5.69 Å². The van der Waals surface area contributed by atoms with E-state index in [9.17, 15) is 0 Å². The number of piperidine rings is 3. The van der Waals surface area contributed by atoms with Gasteiger partial charge in [0.1, 0.15) is 0 Å². The summed E-state index contributed by atoms with van der Waals surface area (Å²) < 4.78 is 7.35. The second kappa shape index (κ2) is 9.65. The average Bonchev–Trinajstić information content (AvgIpc) is 3.35. The van der Waals surface area contributed by atoms with Gasteiger partial charge in [-0.3, -0.25) is 9.80 Å². The third-order valence-electron chi connectivity index (χ3n) is 7.00. The SMILES string of the molecule is S=C(NC[C@@H]1C[C@H]2CCN1C[C@@H]2CN1CCOCC1)Nc1ccc(-n2cccn2)cc1. The van der Waals surface area contributed by atoms with Gasteiger partial charge in [-0.25, -0.2) is 4.68 Å². The van der Waals surface area contributed by atoms with Crippen molar-refractivity contribution in [2.45, 2.75) is 18.9 Å². The quantitative estimate of drug-likeness (QED) is 0.668. The standard InChI is InChI=1S/C23H32N6OS/c31-23(26-20-2-4-21(5-3-20)29-8-1-7-25-29)24-15-22-14-18-6-9-28(22)17-19(18)16-27-10-12-30-13-11-27/h1-5,7-8,18-19,22H,6,9-17H2,(H2,24,26,31)/t18-,19+,22+/m1/s1. The van der Waals surface area contributed by atoms with Gasteiger partial charge in [0.05, 0.1) is 18.9 Å². The molecule has 0 spiro atoms. The normalized spacial score (nSPS) is 28.4. The number of nitrogens with one attached hydrogen (secondary N) is 2. The number of anilines is 1. The van der Waals surface area contributed by atoms with Crippen LogP contribution in [0, 0.1) is 11.8 Å². The fourth-order valence-electron chi connectivity index (χ4n) is 5.29. The molecule has 5 heterocycles. The van der Waals surface area contributed by atoms with Crippen LogP contribution in [0.25, 0.3) is 5.69 Å². The smallest absolute Gasteiger partial charge is 0.170 e. The van der Waals surface area contributed by atoms with Crippen molar-refractivity contribution >= 4 is 23.0 Å². The monoisotopic (exact) mass is 440 g/mol. The molecule has 0 amide bonds. The number of nitrogens with zero attached hydrogens (tertiary/aromatic N) is 4. The second-order valence-corrected chi connectivity index (χ2v) is 9.35. The van der Waals surface area contributed by atoms with E-state index in [0.717, 1.165) is 56.1 Å². The van der Waals surface area contributed by atoms with Gasteiger partial charge in [0.2, 0.25) is 0 Å². The maximum absolute atomic E-state index is 5.56. The number of rotatable bonds is 6. The topological polar surface area (TPSA) is 57.6 Å². The van der Waals surface area contributed by atoms with Gasteiger partial charge < -0.3 is 15.4 Å². The van der Waals surface area contributed by atoms with E-state index in [2.05, 4.69) is 25.5 Å². The molecular formula is C23H32N6OS. The molecular weight excluding hydrogens is 408 g/mol. The van der Waals surface area contributed by atoms with Gasteiger partial charge in [0.25, 0.3) is 0 Å². The van der Waals surface area contributed by atoms with Crippen molar-refractivity contribution in [2.75, 3.05) is 57.8 Å². The Morgan fingerprint density at radius 1 is 1.16 bits per heavy atom. The first-order chi connectivity index (χ1) is 15.2. The molecule has 4 atom stereocenters. The largest absolute Gasteiger partial charge is 0.379 e. The summed E-state index contributed by atoms with van der Waals surface area (Å²) in [5.41, 5.74) is 2.02. The Kier molecular flexibility index (Phi) is 6.50. The lowest BCUT2D eigenvalue weighted by Crippen LogP contribution is -2.59. The molecule has 4 saturated heterocycles. The van der Waals surface area contributed by atoms with E-state index in [1.54, 1.807) is 6.20 Å². The lowest BCUT2D eigenvalue weighted by molar-refractivity contribution is -0.0286. The van der Waals surface area contributed by atoms with E-state index in [4.69, 9.17) is 17.0 Å². The number of ether oxygens (including phenoxy) is 1. The molecule has 4 aliphatic heterocycles. The third-order valence-corrected chi connectivity index (χ3v) is 7.25. The zero-order chi connectivity index (χ0) is 21.0. The Balaban J connectivity index is 1.08. The number of benzene rings is 1. The summed E-state index contributed by atoms with van der Waals surface area (Å²) in [7, 11) is 0. The molecule has 31 heavy (non-hydrogen) atoms. The Hall–Kier alpha value is -2.00. The summed E-state index contributed by atoms with van der Waals surface area (Å²) >= 11 is 5.56. The molecule has 2 aromatic rings. The zero-order valence-electron chi connectivity index (χ0n) is 17.9. The van der Waals surface area contributed by atoms with Crippen LogP contribution in [0.4, 0.5) is 5.69 Å². The first-order valence-electron chi connectivity index (χ1n) is 11.4. The van der Waals surface area contributed by atoms with Gasteiger partial charge in [0.15, 0.2) is 5.11 Å². The minimum Gasteiger partial charge on any atom is -0.379 e. The predicted molar refractivity (Wildman–Crippen MR) is 127 cm³/mol. The maximum Gasteiger partial charge on any atom is 0.170 e. The van der Waals surface area contributed by atoms with Gasteiger partial charge in [-0.1, -0.05) is 0 Å². The minimum absolute atomic E-state index is 0.585. The first-order valence-corrected chi connectivity index (χ1v) is 11.8. The van der Waals surface area contributed by atoms with Crippen molar-refractivity contribution in [2.24, 2.45) is 11.8 Å². The highest BCUT2D eigenvalue weighted by Crippen LogP contribution is 2.36. The van der Waals surface area contributed by atoms with Crippen molar-refractivity contribution in [3.63, 3.8) is 0 Å². The highest BCUT2D eigenvalue weighted by molar-refractivity contribution is 7.80. The van der Waals surface area contributed by atoms with Gasteiger partial charge in [0, 0.05) is 56.8 Å². The number of morpholine rings is 1. The van der Waals surface area contributed by atoms with Gasteiger partial charge in [-0.15, -0.1) is 0 Å². The van der Waals surface area contributed by atoms with Crippen LogP contribution in [0.5, 0.6) is 0 Å². The zero-order valence-corrected chi connectivity index (χ0v) is 18.8. The molecule has 0 radical (unpaired) electrons. The molecule has 8 heteroatoms. The Morgan fingerprint density at radius 2 is 2.00 bits per heavy atom. The van der Waals surface area contributed by atoms with E-state index >= 15 is 0 Å². The minimum atomic E-state index is 0.585. The third kappa shape index (κ3) is 5.09. The predicted octanol–water partition coefficient (Wildman–Crippen LogP) is 2.20. The van der Waals surface area contributed by atoms with Crippen LogP contribution in [-0.2, 0) is 4.74 Å². The molecule has 1 unspecified atom stereocenters. The summed E-state index contributed by atoms with van der Waals surface area (Å²) in [6, 6.07) is 10.7. The molecule has 1 aromatic carbocycles. The summed E-state index contributed by atoms with van der Waals surface area (Å²) in [6.07, 6.45) is 6.34. The number of aromatic nitrogens is 2. The lowest BCUT2D eigenvalue weighted by atomic mass is 9.75. The fraction of sp³-hybridized carbons (Fsp3) is 0.565. The van der Waals surface area contributed by atoms with Crippen molar-refractivity contribution in [1.29, 1.82) is 0 Å². The highest BCUT2D eigenvalue weighted by Gasteiger charge is 2.40. The molecule has 4 fully saturated rings. The Morgan fingerprint density at radius 3 is 2.71 bits per heavy atom. The van der Waals surface area contributed by atoms with E-state index in [1.165, 1.54) is 32.5 Å². The number of hydrogen-bond donors (Lipinski definition) is 2. The van der Waals surface area contributed by atoms with Crippen molar-refractivity contribution < 1.29 is 4.74 Å². The second-order valence-electron chi connectivity index (χ2n) is 8.94. The van der Waals surface area contributed by atoms with Crippen LogP contribution < -0.4 is 10.6 Å². The summed E-state index contributed by atoms with van der Waals surface area (Å²) in [6.45, 7) is 8.58. The number of thiocarbonyl (C=S) groups is 1. The molecule has 1 aromatic heterocycles. The van der Waals surface area contributed by atoms with Crippen LogP contribution in [0.1, 0.15) is 12.8 Å². The van der Waals surface area contributed by atoms with E-state index in [1.807, 2.05) is 41.2 Å². The summed E-state index contributed by atoms with van der Waals surface area (Å²) in [5, 5.41) is 11.7. The van der Waals surface area contributed by atoms with Crippen LogP contribution in [-0.4, -0.2) is 83.2 Å². The highest BCUT2D eigenvalue weighted by atomic mass is 32.1. The van der Waals surface area contributed by atoms with Gasteiger partial charge in [-0.05, 0) is 73.8 Å². The molecule has 2 bridgehead atoms. The van der Waals surface area contributed by atoms with Crippen LogP contribution >= 0.6 is 12.2 Å². The number of hydrogen-bond acceptors (Lipinski definition) is 5. The van der Waals surface area contributed by atoms with E-state index in [0.29, 0.717) is 11.2 Å². The molecule has 7 nitrogen and oxygen atoms in total. The summed E-state index contributed by atoms with van der Waals surface area (Å²) in [4.78, 5) is 5.28. The molecule has 0 saturated carbocycles. The van der Waals surface area contributed by atoms with Crippen LogP contribution in [0.2, 0.25) is 0 Å². The summed E-state index contributed by atoms with van der Waals surface area (Å²) in [5.74, 6) is 1.65. The molecule has 166 valence electrons. The van der Waals surface area contributed by atoms with Crippen LogP contribution in [0.3, 0.4) is 0 Å². The molecule has 6 rings (SSSR count). The van der Waals surface area contributed by atoms with Crippen LogP contribution in [0.15, 0.2) is 42.7 Å². The maximum atomic E-state index is 5.56. The van der Waals surface area contributed by atoms with Gasteiger partial charge in [-0.2, -0.15) is 5.10 Å². The Bertz CT molecular complexity index is 851. The molecule has 4 aliphatic rings. The van der Waals surface area contributed by atoms with E-state index < -0.39 is 0 Å². The Labute approximate surface area is 189 Å². The van der Waals surface area contributed by atoms with Gasteiger partial charge >= 0.3 is 0 Å². The van der Waals surface area contributed by atoms with E-state index in [-0.39, 0.29) is 0 Å². The molecule has 2 N–H and O–H groups in total. The molecule has 0 aliphatic carbocycles. The lowest BCUT2D eigenvalue weighted by Gasteiger charge is -2.51. The van der Waals surface area contributed by atoms with Crippen molar-refractivity contribution in [3.05, 3.63) is 42.7 Å². The number of fused-ring (bicyclic) bond motifs is 3. The fourth-order valence-corrected chi connectivity index (χ4v) is 5.49.